The highest BCUT2D eigenvalue weighted by Crippen LogP contribution is 2.16. The molecule has 14 heavy (non-hydrogen) atoms. The Kier molecular flexibility index (Phi) is 3.32. The Balaban J connectivity index is 3.04. The second-order valence-electron chi connectivity index (χ2n) is 2.39. The van der Waals surface area contributed by atoms with E-state index in [0.717, 1.165) is 0 Å². The Morgan fingerprint density at radius 3 is 3.00 bits per heavy atom. The van der Waals surface area contributed by atoms with E-state index in [-0.39, 0.29) is 23.1 Å². The number of aromatic carboxylic acids is 1. The standard InChI is InChI=1S/C9H7ClN2O2/c1-2-5-11-8-6(9(13)14)3-4-7(10)12-8/h1,3-4H,5H2,(H,11,12)(H,13,14). The van der Waals surface area contributed by atoms with Gasteiger partial charge < -0.3 is 10.4 Å². The van der Waals surface area contributed by atoms with Crippen molar-refractivity contribution in [2.45, 2.75) is 0 Å². The quantitative estimate of drug-likeness (QED) is 0.586. The fourth-order valence-electron chi connectivity index (χ4n) is 0.877. The molecule has 0 fully saturated rings. The van der Waals surface area contributed by atoms with Crippen LogP contribution in [-0.4, -0.2) is 22.6 Å². The Hall–Kier alpha value is -1.73. The first kappa shape index (κ1) is 10.4. The van der Waals surface area contributed by atoms with Crippen LogP contribution >= 0.6 is 11.6 Å². The van der Waals surface area contributed by atoms with Crippen molar-refractivity contribution in [2.75, 3.05) is 11.9 Å². The third-order valence-corrected chi connectivity index (χ3v) is 1.66. The van der Waals surface area contributed by atoms with Gasteiger partial charge in [0.25, 0.3) is 0 Å². The smallest absolute Gasteiger partial charge is 0.339 e. The second kappa shape index (κ2) is 4.49. The van der Waals surface area contributed by atoms with E-state index in [1.807, 2.05) is 0 Å². The van der Waals surface area contributed by atoms with Gasteiger partial charge in [-0.25, -0.2) is 9.78 Å². The van der Waals surface area contributed by atoms with Gasteiger partial charge >= 0.3 is 5.97 Å². The number of carboxylic acids is 1. The Morgan fingerprint density at radius 1 is 1.71 bits per heavy atom. The summed E-state index contributed by atoms with van der Waals surface area (Å²) < 4.78 is 0. The normalized spacial score (nSPS) is 9.14. The molecule has 0 aromatic carbocycles. The minimum absolute atomic E-state index is 0.0460. The number of halogens is 1. The lowest BCUT2D eigenvalue weighted by Crippen LogP contribution is -2.08. The largest absolute Gasteiger partial charge is 0.478 e. The minimum atomic E-state index is -1.08. The van der Waals surface area contributed by atoms with Gasteiger partial charge in [-0.15, -0.1) is 6.42 Å². The monoisotopic (exact) mass is 210 g/mol. The van der Waals surface area contributed by atoms with Crippen LogP contribution in [0.3, 0.4) is 0 Å². The number of aromatic nitrogens is 1. The Labute approximate surface area is 85.9 Å². The maximum absolute atomic E-state index is 10.7. The molecule has 0 saturated heterocycles. The fourth-order valence-corrected chi connectivity index (χ4v) is 1.02. The Morgan fingerprint density at radius 2 is 2.43 bits per heavy atom. The van der Waals surface area contributed by atoms with Crippen molar-refractivity contribution < 1.29 is 9.90 Å². The maximum atomic E-state index is 10.7. The van der Waals surface area contributed by atoms with E-state index in [0.29, 0.717) is 0 Å². The lowest BCUT2D eigenvalue weighted by Gasteiger charge is -2.05. The summed E-state index contributed by atoms with van der Waals surface area (Å²) in [5.41, 5.74) is 0.0460. The summed E-state index contributed by atoms with van der Waals surface area (Å²) in [6, 6.07) is 2.78. The number of hydrogen-bond donors (Lipinski definition) is 2. The van der Waals surface area contributed by atoms with Crippen molar-refractivity contribution in [3.8, 4) is 12.3 Å². The summed E-state index contributed by atoms with van der Waals surface area (Å²) in [7, 11) is 0. The number of nitrogens with zero attached hydrogens (tertiary/aromatic N) is 1. The average Bonchev–Trinajstić information content (AvgIpc) is 2.14. The zero-order valence-corrected chi connectivity index (χ0v) is 7.88. The molecular formula is C9H7ClN2O2. The first-order valence-electron chi connectivity index (χ1n) is 3.72. The number of rotatable bonds is 3. The lowest BCUT2D eigenvalue weighted by atomic mass is 10.2. The molecule has 5 heteroatoms. The van der Waals surface area contributed by atoms with Gasteiger partial charge in [0.05, 0.1) is 6.54 Å². The lowest BCUT2D eigenvalue weighted by molar-refractivity contribution is 0.0697. The van der Waals surface area contributed by atoms with Crippen LogP contribution in [0.2, 0.25) is 5.15 Å². The maximum Gasteiger partial charge on any atom is 0.339 e. The van der Waals surface area contributed by atoms with Gasteiger partial charge in [0.2, 0.25) is 0 Å². The molecule has 0 atom stereocenters. The number of carbonyl (C=O) groups is 1. The molecule has 1 aromatic heterocycles. The van der Waals surface area contributed by atoms with E-state index >= 15 is 0 Å². The second-order valence-corrected chi connectivity index (χ2v) is 2.78. The summed E-state index contributed by atoms with van der Waals surface area (Å²) in [5.74, 6) is 1.42. The molecule has 1 rings (SSSR count). The van der Waals surface area contributed by atoms with Crippen LogP contribution < -0.4 is 5.32 Å². The van der Waals surface area contributed by atoms with Gasteiger partial charge in [-0.05, 0) is 12.1 Å². The van der Waals surface area contributed by atoms with Gasteiger partial charge in [0.15, 0.2) is 0 Å². The van der Waals surface area contributed by atoms with Crippen LogP contribution in [0, 0.1) is 12.3 Å². The van der Waals surface area contributed by atoms with E-state index < -0.39 is 5.97 Å². The summed E-state index contributed by atoms with van der Waals surface area (Å²) in [5, 5.41) is 11.7. The highest BCUT2D eigenvalue weighted by atomic mass is 35.5. The summed E-state index contributed by atoms with van der Waals surface area (Å²) >= 11 is 5.60. The van der Waals surface area contributed by atoms with Crippen molar-refractivity contribution in [1.82, 2.24) is 4.98 Å². The molecule has 0 aliphatic heterocycles. The van der Waals surface area contributed by atoms with Gasteiger partial charge in [0, 0.05) is 0 Å². The molecule has 4 nitrogen and oxygen atoms in total. The molecule has 0 amide bonds. The first-order chi connectivity index (χ1) is 6.65. The molecule has 0 bridgehead atoms. The number of hydrogen-bond acceptors (Lipinski definition) is 3. The fraction of sp³-hybridized carbons (Fsp3) is 0.111. The van der Waals surface area contributed by atoms with Crippen LogP contribution in [0.1, 0.15) is 10.4 Å². The zero-order chi connectivity index (χ0) is 10.6. The van der Waals surface area contributed by atoms with Gasteiger partial charge in [-0.3, -0.25) is 0 Å². The molecule has 0 radical (unpaired) electrons. The van der Waals surface area contributed by atoms with Gasteiger partial charge in [-0.2, -0.15) is 0 Å². The number of nitrogens with one attached hydrogen (secondary N) is 1. The molecule has 0 saturated carbocycles. The molecule has 0 spiro atoms. The summed E-state index contributed by atoms with van der Waals surface area (Å²) in [4.78, 5) is 14.5. The number of pyridine rings is 1. The van der Waals surface area contributed by atoms with E-state index in [9.17, 15) is 4.79 Å². The average molecular weight is 211 g/mol. The number of anilines is 1. The van der Waals surface area contributed by atoms with Crippen LogP contribution in [0.5, 0.6) is 0 Å². The summed E-state index contributed by atoms with van der Waals surface area (Å²) in [6.45, 7) is 0.202. The highest BCUT2D eigenvalue weighted by Gasteiger charge is 2.10. The molecule has 72 valence electrons. The zero-order valence-electron chi connectivity index (χ0n) is 7.12. The molecule has 0 aliphatic carbocycles. The van der Waals surface area contributed by atoms with Crippen molar-refractivity contribution in [2.24, 2.45) is 0 Å². The number of carboxylic acid groups (broad SMARTS) is 1. The van der Waals surface area contributed by atoms with Crippen LogP contribution in [0.25, 0.3) is 0 Å². The van der Waals surface area contributed by atoms with Crippen molar-refractivity contribution in [3.63, 3.8) is 0 Å². The predicted molar refractivity (Wildman–Crippen MR) is 53.5 cm³/mol. The minimum Gasteiger partial charge on any atom is -0.478 e. The van der Waals surface area contributed by atoms with Crippen LogP contribution in [0.15, 0.2) is 12.1 Å². The first-order valence-corrected chi connectivity index (χ1v) is 4.10. The van der Waals surface area contributed by atoms with Crippen molar-refractivity contribution in [3.05, 3.63) is 22.8 Å². The predicted octanol–water partition coefficient (Wildman–Crippen LogP) is 1.48. The van der Waals surface area contributed by atoms with Crippen molar-refractivity contribution in [1.29, 1.82) is 0 Å². The molecule has 0 aliphatic rings. The van der Waals surface area contributed by atoms with Crippen LogP contribution in [0.4, 0.5) is 5.82 Å². The topological polar surface area (TPSA) is 62.2 Å². The third kappa shape index (κ3) is 2.38. The summed E-state index contributed by atoms with van der Waals surface area (Å²) in [6.07, 6.45) is 5.02. The number of terminal acetylenes is 1. The van der Waals surface area contributed by atoms with Crippen LogP contribution in [-0.2, 0) is 0 Å². The SMILES string of the molecule is C#CCNc1nc(Cl)ccc1C(=O)O. The van der Waals surface area contributed by atoms with E-state index in [4.69, 9.17) is 23.1 Å². The molecule has 2 N–H and O–H groups in total. The molecule has 1 heterocycles. The van der Waals surface area contributed by atoms with Gasteiger partial charge in [-0.1, -0.05) is 17.5 Å². The molecule has 1 aromatic rings. The van der Waals surface area contributed by atoms with E-state index in [1.54, 1.807) is 0 Å². The highest BCUT2D eigenvalue weighted by molar-refractivity contribution is 6.29. The molecular weight excluding hydrogens is 204 g/mol. The van der Waals surface area contributed by atoms with E-state index in [2.05, 4.69) is 16.2 Å². The van der Waals surface area contributed by atoms with Crippen molar-refractivity contribution >= 4 is 23.4 Å². The van der Waals surface area contributed by atoms with Gasteiger partial charge in [0.1, 0.15) is 16.5 Å². The van der Waals surface area contributed by atoms with E-state index in [1.165, 1.54) is 12.1 Å². The molecule has 0 unspecified atom stereocenters. The third-order valence-electron chi connectivity index (χ3n) is 1.45. The Bertz CT molecular complexity index is 398.